The van der Waals surface area contributed by atoms with Crippen LogP contribution in [0.4, 0.5) is 4.79 Å². The SMILES string of the molecule is CCCCNC(=O)N(CC)C(CC)c1ccncc1. The highest BCUT2D eigenvalue weighted by molar-refractivity contribution is 5.74. The van der Waals surface area contributed by atoms with Crippen LogP contribution >= 0.6 is 0 Å². The van der Waals surface area contributed by atoms with Gasteiger partial charge in [0, 0.05) is 25.5 Å². The van der Waals surface area contributed by atoms with Gasteiger partial charge in [-0.15, -0.1) is 0 Å². The van der Waals surface area contributed by atoms with E-state index in [9.17, 15) is 4.79 Å². The van der Waals surface area contributed by atoms with Gasteiger partial charge in [0.25, 0.3) is 0 Å². The Kier molecular flexibility index (Phi) is 6.93. The summed E-state index contributed by atoms with van der Waals surface area (Å²) >= 11 is 0. The molecule has 1 atom stereocenters. The molecular weight excluding hydrogens is 238 g/mol. The van der Waals surface area contributed by atoms with E-state index in [2.05, 4.69) is 24.1 Å². The summed E-state index contributed by atoms with van der Waals surface area (Å²) in [5.74, 6) is 0. The van der Waals surface area contributed by atoms with E-state index in [1.807, 2.05) is 24.0 Å². The molecule has 4 nitrogen and oxygen atoms in total. The van der Waals surface area contributed by atoms with Gasteiger partial charge in [-0.25, -0.2) is 4.79 Å². The van der Waals surface area contributed by atoms with E-state index in [1.165, 1.54) is 0 Å². The van der Waals surface area contributed by atoms with E-state index in [-0.39, 0.29) is 12.1 Å². The van der Waals surface area contributed by atoms with Crippen molar-refractivity contribution in [3.63, 3.8) is 0 Å². The van der Waals surface area contributed by atoms with Crippen LogP contribution in [0.15, 0.2) is 24.5 Å². The van der Waals surface area contributed by atoms with Gasteiger partial charge in [-0.1, -0.05) is 20.3 Å². The van der Waals surface area contributed by atoms with E-state index in [1.54, 1.807) is 12.4 Å². The third-order valence-corrected chi connectivity index (χ3v) is 3.26. The molecule has 1 heterocycles. The van der Waals surface area contributed by atoms with Crippen molar-refractivity contribution in [2.24, 2.45) is 0 Å². The molecule has 0 aromatic carbocycles. The van der Waals surface area contributed by atoms with Gasteiger partial charge in [-0.2, -0.15) is 0 Å². The fourth-order valence-electron chi connectivity index (χ4n) is 2.20. The molecule has 0 saturated heterocycles. The van der Waals surface area contributed by atoms with Crippen LogP contribution in [0, 0.1) is 0 Å². The molecule has 106 valence electrons. The number of nitrogens with one attached hydrogen (secondary N) is 1. The number of carbonyl (C=O) groups is 1. The van der Waals surface area contributed by atoms with Crippen LogP contribution < -0.4 is 5.32 Å². The molecule has 4 heteroatoms. The van der Waals surface area contributed by atoms with Crippen molar-refractivity contribution in [3.8, 4) is 0 Å². The summed E-state index contributed by atoms with van der Waals surface area (Å²) < 4.78 is 0. The van der Waals surface area contributed by atoms with Gasteiger partial charge < -0.3 is 10.2 Å². The summed E-state index contributed by atoms with van der Waals surface area (Å²) in [5, 5.41) is 2.99. The van der Waals surface area contributed by atoms with Crippen LogP contribution in [0.25, 0.3) is 0 Å². The molecule has 1 unspecified atom stereocenters. The molecule has 2 amide bonds. The van der Waals surface area contributed by atoms with Crippen LogP contribution in [-0.2, 0) is 0 Å². The van der Waals surface area contributed by atoms with Crippen molar-refractivity contribution in [1.82, 2.24) is 15.2 Å². The number of hydrogen-bond acceptors (Lipinski definition) is 2. The maximum absolute atomic E-state index is 12.2. The molecule has 0 radical (unpaired) electrons. The Morgan fingerprint density at radius 3 is 2.53 bits per heavy atom. The maximum Gasteiger partial charge on any atom is 0.317 e. The molecule has 0 aliphatic carbocycles. The summed E-state index contributed by atoms with van der Waals surface area (Å²) in [4.78, 5) is 18.1. The fourth-order valence-corrected chi connectivity index (χ4v) is 2.20. The predicted octanol–water partition coefficient (Wildman–Crippen LogP) is 3.36. The Balaban J connectivity index is 2.73. The van der Waals surface area contributed by atoms with Gasteiger partial charge in [-0.05, 0) is 37.5 Å². The lowest BCUT2D eigenvalue weighted by molar-refractivity contribution is 0.176. The lowest BCUT2D eigenvalue weighted by Gasteiger charge is -2.30. The maximum atomic E-state index is 12.2. The first-order valence-electron chi connectivity index (χ1n) is 7.18. The van der Waals surface area contributed by atoms with E-state index in [0.717, 1.165) is 31.4 Å². The smallest absolute Gasteiger partial charge is 0.317 e. The van der Waals surface area contributed by atoms with Crippen molar-refractivity contribution in [3.05, 3.63) is 30.1 Å². The Hall–Kier alpha value is -1.58. The molecule has 0 aliphatic heterocycles. The van der Waals surface area contributed by atoms with Crippen molar-refractivity contribution >= 4 is 6.03 Å². The van der Waals surface area contributed by atoms with Crippen molar-refractivity contribution in [2.45, 2.75) is 46.1 Å². The fraction of sp³-hybridized carbons (Fsp3) is 0.600. The van der Waals surface area contributed by atoms with E-state index in [0.29, 0.717) is 6.54 Å². The molecular formula is C15H25N3O. The topological polar surface area (TPSA) is 45.2 Å². The highest BCUT2D eigenvalue weighted by Crippen LogP contribution is 2.23. The minimum Gasteiger partial charge on any atom is -0.338 e. The molecule has 1 aromatic rings. The average Bonchev–Trinajstić information content (AvgIpc) is 2.45. The predicted molar refractivity (Wildman–Crippen MR) is 78.0 cm³/mol. The largest absolute Gasteiger partial charge is 0.338 e. The number of unbranched alkanes of at least 4 members (excludes halogenated alkanes) is 1. The number of hydrogen-bond donors (Lipinski definition) is 1. The molecule has 0 bridgehead atoms. The highest BCUT2D eigenvalue weighted by Gasteiger charge is 2.21. The van der Waals surface area contributed by atoms with Crippen molar-refractivity contribution in [2.75, 3.05) is 13.1 Å². The van der Waals surface area contributed by atoms with Crippen LogP contribution in [0.5, 0.6) is 0 Å². The number of pyridine rings is 1. The lowest BCUT2D eigenvalue weighted by atomic mass is 10.0. The van der Waals surface area contributed by atoms with Gasteiger partial charge >= 0.3 is 6.03 Å². The summed E-state index contributed by atoms with van der Waals surface area (Å²) in [5.41, 5.74) is 1.14. The second-order valence-corrected chi connectivity index (χ2v) is 4.58. The van der Waals surface area contributed by atoms with Gasteiger partial charge in [0.15, 0.2) is 0 Å². The number of carbonyl (C=O) groups excluding carboxylic acids is 1. The first-order chi connectivity index (χ1) is 9.24. The summed E-state index contributed by atoms with van der Waals surface area (Å²) in [7, 11) is 0. The first kappa shape index (κ1) is 15.5. The first-order valence-corrected chi connectivity index (χ1v) is 7.18. The summed E-state index contributed by atoms with van der Waals surface area (Å²) in [6.07, 6.45) is 6.57. The molecule has 1 N–H and O–H groups in total. The minimum absolute atomic E-state index is 0.0274. The van der Waals surface area contributed by atoms with E-state index >= 15 is 0 Å². The average molecular weight is 263 g/mol. The summed E-state index contributed by atoms with van der Waals surface area (Å²) in [6, 6.07) is 4.11. The van der Waals surface area contributed by atoms with Gasteiger partial charge in [0.1, 0.15) is 0 Å². The zero-order chi connectivity index (χ0) is 14.1. The molecule has 1 rings (SSSR count). The van der Waals surface area contributed by atoms with E-state index < -0.39 is 0 Å². The normalized spacial score (nSPS) is 11.9. The number of rotatable bonds is 7. The van der Waals surface area contributed by atoms with E-state index in [4.69, 9.17) is 0 Å². The molecule has 1 aromatic heterocycles. The van der Waals surface area contributed by atoms with Gasteiger partial charge in [0.2, 0.25) is 0 Å². The third-order valence-electron chi connectivity index (χ3n) is 3.26. The second kappa shape index (κ2) is 8.51. The molecule has 0 aliphatic rings. The highest BCUT2D eigenvalue weighted by atomic mass is 16.2. The molecule has 0 fully saturated rings. The number of nitrogens with zero attached hydrogens (tertiary/aromatic N) is 2. The van der Waals surface area contributed by atoms with Crippen LogP contribution in [0.2, 0.25) is 0 Å². The zero-order valence-electron chi connectivity index (χ0n) is 12.2. The Labute approximate surface area is 116 Å². The number of urea groups is 1. The molecule has 0 spiro atoms. The molecule has 19 heavy (non-hydrogen) atoms. The Bertz CT molecular complexity index is 367. The van der Waals surface area contributed by atoms with Gasteiger partial charge in [0.05, 0.1) is 6.04 Å². The van der Waals surface area contributed by atoms with Crippen LogP contribution in [0.3, 0.4) is 0 Å². The van der Waals surface area contributed by atoms with Crippen LogP contribution in [-0.4, -0.2) is 29.0 Å². The standard InChI is InChI=1S/C15H25N3O/c1-4-7-10-17-15(19)18(6-3)14(5-2)13-8-11-16-12-9-13/h8-9,11-12,14H,4-7,10H2,1-3H3,(H,17,19). The molecule has 0 saturated carbocycles. The second-order valence-electron chi connectivity index (χ2n) is 4.58. The minimum atomic E-state index is 0.0274. The lowest BCUT2D eigenvalue weighted by Crippen LogP contribution is -2.42. The van der Waals surface area contributed by atoms with Crippen molar-refractivity contribution < 1.29 is 4.79 Å². The quantitative estimate of drug-likeness (QED) is 0.767. The number of amides is 2. The Morgan fingerprint density at radius 2 is 2.00 bits per heavy atom. The van der Waals surface area contributed by atoms with Crippen molar-refractivity contribution in [1.29, 1.82) is 0 Å². The third kappa shape index (κ3) is 4.54. The monoisotopic (exact) mass is 263 g/mol. The number of aromatic nitrogens is 1. The Morgan fingerprint density at radius 1 is 1.32 bits per heavy atom. The zero-order valence-corrected chi connectivity index (χ0v) is 12.2. The summed E-state index contributed by atoms with van der Waals surface area (Å²) in [6.45, 7) is 7.70. The van der Waals surface area contributed by atoms with Gasteiger partial charge in [-0.3, -0.25) is 4.98 Å². The van der Waals surface area contributed by atoms with Crippen LogP contribution in [0.1, 0.15) is 51.6 Å².